The first-order valence-corrected chi connectivity index (χ1v) is 4.91. The molecule has 1 rings (SSSR count). The summed E-state index contributed by atoms with van der Waals surface area (Å²) in [7, 11) is 0. The van der Waals surface area contributed by atoms with Gasteiger partial charge in [0.25, 0.3) is 0 Å². The Hall–Kier alpha value is -0.620. The lowest BCUT2D eigenvalue weighted by Gasteiger charge is -2.19. The molecule has 2 nitrogen and oxygen atoms in total. The number of nitrogens with zero attached hydrogens (tertiary/aromatic N) is 1. The molecular weight excluding hydrogens is 213 g/mol. The summed E-state index contributed by atoms with van der Waals surface area (Å²) < 4.78 is 36.6. The Bertz CT molecular complexity index is 317. The Kier molecular flexibility index (Phi) is 2.87. The van der Waals surface area contributed by atoms with Gasteiger partial charge in [0.2, 0.25) is 0 Å². The molecule has 0 fully saturated rings. The number of halogens is 3. The van der Waals surface area contributed by atoms with E-state index in [0.717, 1.165) is 0 Å². The third kappa shape index (κ3) is 2.24. The van der Waals surface area contributed by atoms with Gasteiger partial charge >= 0.3 is 6.18 Å². The summed E-state index contributed by atoms with van der Waals surface area (Å²) >= 11 is 0.610. The van der Waals surface area contributed by atoms with Gasteiger partial charge in [-0.2, -0.15) is 13.2 Å². The molecule has 0 aromatic carbocycles. The van der Waals surface area contributed by atoms with Crippen LogP contribution in [0.4, 0.5) is 13.2 Å². The summed E-state index contributed by atoms with van der Waals surface area (Å²) in [6.45, 7) is 3.52. The van der Waals surface area contributed by atoms with E-state index in [1.807, 2.05) is 6.92 Å². The highest BCUT2D eigenvalue weighted by molar-refractivity contribution is 7.11. The smallest absolute Gasteiger partial charge is 0.321 e. The summed E-state index contributed by atoms with van der Waals surface area (Å²) in [5.74, 6) is 0. The highest BCUT2D eigenvalue weighted by Crippen LogP contribution is 2.35. The topological polar surface area (TPSA) is 38.9 Å². The largest absolute Gasteiger partial charge is 0.443 e. The summed E-state index contributed by atoms with van der Waals surface area (Å²) in [4.78, 5) is 3.78. The van der Waals surface area contributed by atoms with Crippen LogP contribution in [0.3, 0.4) is 0 Å². The fourth-order valence-electron chi connectivity index (χ4n) is 0.843. The van der Waals surface area contributed by atoms with E-state index in [-0.39, 0.29) is 0 Å². The number of rotatable bonds is 2. The van der Waals surface area contributed by atoms with Crippen molar-refractivity contribution in [2.45, 2.75) is 32.0 Å². The van der Waals surface area contributed by atoms with Gasteiger partial charge in [-0.05, 0) is 13.3 Å². The number of hydrogen-bond acceptors (Lipinski definition) is 3. The minimum absolute atomic E-state index is 0.465. The molecule has 1 unspecified atom stereocenters. The zero-order chi connectivity index (χ0) is 11.0. The number of hydrogen-bond donors (Lipinski definition) is 1. The zero-order valence-corrected chi connectivity index (χ0v) is 8.67. The maximum atomic E-state index is 12.2. The van der Waals surface area contributed by atoms with Crippen LogP contribution < -0.4 is 5.73 Å². The van der Waals surface area contributed by atoms with Gasteiger partial charge in [-0.1, -0.05) is 6.92 Å². The summed E-state index contributed by atoms with van der Waals surface area (Å²) in [5.41, 5.74) is 5.08. The highest BCUT2D eigenvalue weighted by atomic mass is 32.1. The van der Waals surface area contributed by atoms with E-state index >= 15 is 0 Å². The first kappa shape index (κ1) is 11.5. The first-order valence-electron chi connectivity index (χ1n) is 4.10. The fraction of sp³-hybridized carbons (Fsp3) is 0.625. The average Bonchev–Trinajstić information content (AvgIpc) is 2.51. The molecule has 80 valence electrons. The van der Waals surface area contributed by atoms with Crippen molar-refractivity contribution in [2.75, 3.05) is 0 Å². The van der Waals surface area contributed by atoms with Gasteiger partial charge in [0, 0.05) is 16.6 Å². The standard InChI is InChI=1S/C8H11F3N2S/c1-3-7(2,12)5-4-13-6(14-5)8(9,10)11/h4H,3,12H2,1-2H3. The molecule has 1 atom stereocenters. The fourth-order valence-corrected chi connectivity index (χ4v) is 1.76. The van der Waals surface area contributed by atoms with E-state index in [1.165, 1.54) is 6.20 Å². The number of aromatic nitrogens is 1. The summed E-state index contributed by atoms with van der Waals surface area (Å²) in [6.07, 6.45) is -2.59. The van der Waals surface area contributed by atoms with Crippen LogP contribution in [0.2, 0.25) is 0 Å². The molecule has 0 amide bonds. The Balaban J connectivity index is 3.00. The summed E-state index contributed by atoms with van der Waals surface area (Å²) in [6, 6.07) is 0. The second-order valence-corrected chi connectivity index (χ2v) is 4.33. The van der Waals surface area contributed by atoms with Crippen molar-refractivity contribution >= 4 is 11.3 Å². The lowest BCUT2D eigenvalue weighted by Crippen LogP contribution is -2.30. The van der Waals surface area contributed by atoms with Gasteiger partial charge in [0.15, 0.2) is 5.01 Å². The molecule has 0 aliphatic carbocycles. The van der Waals surface area contributed by atoms with Crippen LogP contribution in [0.15, 0.2) is 6.20 Å². The maximum Gasteiger partial charge on any atom is 0.443 e. The van der Waals surface area contributed by atoms with E-state index in [0.29, 0.717) is 22.6 Å². The molecule has 0 saturated carbocycles. The van der Waals surface area contributed by atoms with Gasteiger partial charge in [0.1, 0.15) is 0 Å². The van der Waals surface area contributed by atoms with Crippen molar-refractivity contribution in [2.24, 2.45) is 5.73 Å². The predicted molar refractivity (Wildman–Crippen MR) is 48.9 cm³/mol. The molecule has 0 spiro atoms. The lowest BCUT2D eigenvalue weighted by atomic mass is 9.99. The van der Waals surface area contributed by atoms with Crippen molar-refractivity contribution in [1.82, 2.24) is 4.98 Å². The molecule has 0 radical (unpaired) electrons. The van der Waals surface area contributed by atoms with Crippen molar-refractivity contribution in [3.8, 4) is 0 Å². The van der Waals surface area contributed by atoms with Gasteiger partial charge in [-0.15, -0.1) is 11.3 Å². The van der Waals surface area contributed by atoms with Gasteiger partial charge in [-0.3, -0.25) is 0 Å². The highest BCUT2D eigenvalue weighted by Gasteiger charge is 2.36. The molecule has 0 aliphatic rings. The predicted octanol–water partition coefficient (Wildman–Crippen LogP) is 2.75. The number of nitrogens with two attached hydrogens (primary N) is 1. The minimum Gasteiger partial charge on any atom is -0.321 e. The lowest BCUT2D eigenvalue weighted by molar-refractivity contribution is -0.137. The third-order valence-corrected chi connectivity index (χ3v) is 3.37. The van der Waals surface area contributed by atoms with E-state index in [9.17, 15) is 13.2 Å². The summed E-state index contributed by atoms with van der Waals surface area (Å²) in [5, 5.41) is -0.836. The Morgan fingerprint density at radius 3 is 2.43 bits per heavy atom. The van der Waals surface area contributed by atoms with E-state index in [1.54, 1.807) is 6.92 Å². The number of alkyl halides is 3. The van der Waals surface area contributed by atoms with Gasteiger partial charge in [-0.25, -0.2) is 4.98 Å². The molecule has 14 heavy (non-hydrogen) atoms. The Morgan fingerprint density at radius 1 is 1.50 bits per heavy atom. The second-order valence-electron chi connectivity index (χ2n) is 3.30. The monoisotopic (exact) mass is 224 g/mol. The van der Waals surface area contributed by atoms with Crippen LogP contribution in [-0.4, -0.2) is 4.98 Å². The van der Waals surface area contributed by atoms with Crippen LogP contribution >= 0.6 is 11.3 Å². The Labute approximate surface area is 84.0 Å². The normalized spacial score (nSPS) is 16.7. The SMILES string of the molecule is CCC(C)(N)c1cnc(C(F)(F)F)s1. The van der Waals surface area contributed by atoms with Crippen molar-refractivity contribution in [3.63, 3.8) is 0 Å². The zero-order valence-electron chi connectivity index (χ0n) is 7.85. The first-order chi connectivity index (χ1) is 6.27. The molecular formula is C8H11F3N2S. The van der Waals surface area contributed by atoms with Crippen LogP contribution in [0.5, 0.6) is 0 Å². The molecule has 0 aliphatic heterocycles. The van der Waals surface area contributed by atoms with E-state index in [4.69, 9.17) is 5.73 Å². The van der Waals surface area contributed by atoms with Crippen molar-refractivity contribution in [1.29, 1.82) is 0 Å². The molecule has 1 heterocycles. The molecule has 1 aromatic heterocycles. The molecule has 6 heteroatoms. The minimum atomic E-state index is -4.37. The molecule has 2 N–H and O–H groups in total. The molecule has 0 bridgehead atoms. The Morgan fingerprint density at radius 2 is 2.07 bits per heavy atom. The van der Waals surface area contributed by atoms with E-state index < -0.39 is 16.7 Å². The maximum absolute atomic E-state index is 12.2. The molecule has 1 aromatic rings. The van der Waals surface area contributed by atoms with Gasteiger partial charge in [0.05, 0.1) is 0 Å². The third-order valence-electron chi connectivity index (χ3n) is 2.05. The van der Waals surface area contributed by atoms with Gasteiger partial charge < -0.3 is 5.73 Å². The van der Waals surface area contributed by atoms with Crippen molar-refractivity contribution < 1.29 is 13.2 Å². The van der Waals surface area contributed by atoms with Crippen LogP contribution in [0, 0.1) is 0 Å². The van der Waals surface area contributed by atoms with Crippen molar-refractivity contribution in [3.05, 3.63) is 16.1 Å². The quantitative estimate of drug-likeness (QED) is 0.838. The van der Waals surface area contributed by atoms with Crippen LogP contribution in [0.25, 0.3) is 0 Å². The second kappa shape index (κ2) is 3.51. The van der Waals surface area contributed by atoms with Crippen LogP contribution in [0.1, 0.15) is 30.2 Å². The molecule has 0 saturated heterocycles. The van der Waals surface area contributed by atoms with Crippen LogP contribution in [-0.2, 0) is 11.7 Å². The number of thiazole rings is 1. The average molecular weight is 224 g/mol. The van der Waals surface area contributed by atoms with E-state index in [2.05, 4.69) is 4.98 Å².